The first-order valence-electron chi connectivity index (χ1n) is 5.90. The van der Waals surface area contributed by atoms with Crippen molar-refractivity contribution >= 4 is 43.1 Å². The van der Waals surface area contributed by atoms with Gasteiger partial charge in [-0.1, -0.05) is 6.92 Å². The first-order valence-corrected chi connectivity index (χ1v) is 8.95. The zero-order chi connectivity index (χ0) is 14.8. The van der Waals surface area contributed by atoms with Gasteiger partial charge in [0.1, 0.15) is 10.7 Å². The molecule has 0 saturated carbocycles. The molecule has 5 nitrogen and oxygen atoms in total. The van der Waals surface area contributed by atoms with E-state index < -0.39 is 10.0 Å². The fraction of sp³-hybridized carbons (Fsp3) is 0.250. The highest BCUT2D eigenvalue weighted by Crippen LogP contribution is 2.26. The fourth-order valence-corrected chi connectivity index (χ4v) is 4.81. The summed E-state index contributed by atoms with van der Waals surface area (Å²) in [6, 6.07) is 6.85. The van der Waals surface area contributed by atoms with Gasteiger partial charge in [0, 0.05) is 24.2 Å². The topological polar surface area (TPSA) is 76.3 Å². The molecule has 2 aromatic heterocycles. The standard InChI is InChI=1S/C12H14BrN3O2S2/c1-2-16(8-9-5-6-11(13)19-9)20(17,18)10-4-3-7-15-12(10)14/h3-7H,2,8H2,1H3,(H2,14,15). The van der Waals surface area contributed by atoms with Gasteiger partial charge in [0.25, 0.3) is 0 Å². The molecule has 0 aromatic carbocycles. The maximum atomic E-state index is 12.6. The zero-order valence-corrected chi connectivity index (χ0v) is 14.0. The SMILES string of the molecule is CCN(Cc1ccc(Br)s1)S(=O)(=O)c1cccnc1N. The largest absolute Gasteiger partial charge is 0.383 e. The molecule has 0 spiro atoms. The van der Waals surface area contributed by atoms with Gasteiger partial charge in [-0.05, 0) is 40.2 Å². The first-order chi connectivity index (χ1) is 9.45. The summed E-state index contributed by atoms with van der Waals surface area (Å²) in [5, 5.41) is 0. The number of nitrogens with two attached hydrogens (primary N) is 1. The highest BCUT2D eigenvalue weighted by atomic mass is 79.9. The summed E-state index contributed by atoms with van der Waals surface area (Å²) in [5.41, 5.74) is 5.67. The van der Waals surface area contributed by atoms with Crippen LogP contribution >= 0.6 is 27.3 Å². The Kier molecular flexibility index (Phi) is 4.79. The Morgan fingerprint density at radius 1 is 1.40 bits per heavy atom. The van der Waals surface area contributed by atoms with Crippen molar-refractivity contribution < 1.29 is 8.42 Å². The molecule has 2 rings (SSSR count). The van der Waals surface area contributed by atoms with Crippen molar-refractivity contribution in [3.05, 3.63) is 39.1 Å². The summed E-state index contributed by atoms with van der Waals surface area (Å²) in [5.74, 6) is 0.0262. The number of halogens is 1. The summed E-state index contributed by atoms with van der Waals surface area (Å²) in [4.78, 5) is 4.86. The highest BCUT2D eigenvalue weighted by molar-refractivity contribution is 9.11. The van der Waals surface area contributed by atoms with E-state index in [4.69, 9.17) is 5.73 Å². The van der Waals surface area contributed by atoms with Crippen molar-refractivity contribution in [2.24, 2.45) is 0 Å². The number of pyridine rings is 1. The lowest BCUT2D eigenvalue weighted by Gasteiger charge is -2.20. The number of anilines is 1. The second-order valence-corrected chi connectivity index (χ2v) is 8.48. The number of aromatic nitrogens is 1. The van der Waals surface area contributed by atoms with Gasteiger partial charge < -0.3 is 5.73 Å². The van der Waals surface area contributed by atoms with Crippen LogP contribution in [-0.4, -0.2) is 24.3 Å². The van der Waals surface area contributed by atoms with E-state index in [0.29, 0.717) is 13.1 Å². The molecule has 0 aliphatic heterocycles. The highest BCUT2D eigenvalue weighted by Gasteiger charge is 2.26. The summed E-state index contributed by atoms with van der Waals surface area (Å²) in [7, 11) is -3.63. The molecular weight excluding hydrogens is 362 g/mol. The van der Waals surface area contributed by atoms with E-state index in [9.17, 15) is 8.42 Å². The molecule has 0 atom stereocenters. The normalized spacial score (nSPS) is 11.9. The molecule has 0 amide bonds. The average Bonchev–Trinajstić information content (AvgIpc) is 2.81. The van der Waals surface area contributed by atoms with Crippen molar-refractivity contribution in [3.63, 3.8) is 0 Å². The van der Waals surface area contributed by atoms with E-state index in [1.54, 1.807) is 13.0 Å². The number of sulfonamides is 1. The first kappa shape index (κ1) is 15.4. The minimum Gasteiger partial charge on any atom is -0.383 e. The van der Waals surface area contributed by atoms with Gasteiger partial charge >= 0.3 is 0 Å². The molecule has 108 valence electrons. The number of hydrogen-bond acceptors (Lipinski definition) is 5. The number of thiophene rings is 1. The molecule has 0 saturated heterocycles. The molecular formula is C12H14BrN3O2S2. The second kappa shape index (κ2) is 6.21. The van der Waals surface area contributed by atoms with Gasteiger partial charge in [0.05, 0.1) is 3.79 Å². The van der Waals surface area contributed by atoms with Crippen LogP contribution in [0, 0.1) is 0 Å². The average molecular weight is 376 g/mol. The van der Waals surface area contributed by atoms with Crippen LogP contribution in [0.3, 0.4) is 0 Å². The molecule has 0 fully saturated rings. The minimum absolute atomic E-state index is 0.0262. The number of rotatable bonds is 5. The smallest absolute Gasteiger partial charge is 0.247 e. The van der Waals surface area contributed by atoms with E-state index in [2.05, 4.69) is 20.9 Å². The number of nitrogens with zero attached hydrogens (tertiary/aromatic N) is 2. The lowest BCUT2D eigenvalue weighted by molar-refractivity contribution is 0.426. The predicted molar refractivity (Wildman–Crippen MR) is 83.9 cm³/mol. The van der Waals surface area contributed by atoms with Gasteiger partial charge in [0.15, 0.2) is 0 Å². The second-order valence-electron chi connectivity index (χ2n) is 4.02. The van der Waals surface area contributed by atoms with Crippen LogP contribution in [0.15, 0.2) is 39.1 Å². The third-order valence-electron chi connectivity index (χ3n) is 2.73. The number of hydrogen-bond donors (Lipinski definition) is 1. The van der Waals surface area contributed by atoms with Crippen LogP contribution in [0.1, 0.15) is 11.8 Å². The predicted octanol–water partition coefficient (Wildman–Crippen LogP) is 2.70. The van der Waals surface area contributed by atoms with Crippen LogP contribution in [0.2, 0.25) is 0 Å². The third kappa shape index (κ3) is 3.20. The van der Waals surface area contributed by atoms with Crippen molar-refractivity contribution in [1.29, 1.82) is 0 Å². The molecule has 8 heteroatoms. The van der Waals surface area contributed by atoms with Gasteiger partial charge in [-0.2, -0.15) is 4.31 Å². The van der Waals surface area contributed by atoms with Crippen molar-refractivity contribution in [1.82, 2.24) is 9.29 Å². The molecule has 0 aliphatic rings. The third-order valence-corrected chi connectivity index (χ3v) is 6.31. The lowest BCUT2D eigenvalue weighted by Crippen LogP contribution is -2.30. The van der Waals surface area contributed by atoms with Crippen LogP contribution in [0.25, 0.3) is 0 Å². The maximum Gasteiger partial charge on any atom is 0.247 e. The van der Waals surface area contributed by atoms with E-state index in [1.807, 2.05) is 12.1 Å². The Balaban J connectivity index is 2.33. The van der Waals surface area contributed by atoms with Crippen LogP contribution in [0.5, 0.6) is 0 Å². The molecule has 0 bridgehead atoms. The Labute approximate surface area is 130 Å². The Morgan fingerprint density at radius 3 is 2.70 bits per heavy atom. The van der Waals surface area contributed by atoms with Crippen molar-refractivity contribution in [3.8, 4) is 0 Å². The van der Waals surface area contributed by atoms with Crippen molar-refractivity contribution in [2.45, 2.75) is 18.4 Å². The summed E-state index contributed by atoms with van der Waals surface area (Å²) >= 11 is 4.88. The molecule has 2 N–H and O–H groups in total. The molecule has 0 unspecified atom stereocenters. The van der Waals surface area contributed by atoms with E-state index in [0.717, 1.165) is 8.66 Å². The lowest BCUT2D eigenvalue weighted by atomic mass is 10.4. The summed E-state index contributed by atoms with van der Waals surface area (Å²) < 4.78 is 27.5. The molecule has 2 heterocycles. The van der Waals surface area contributed by atoms with Crippen molar-refractivity contribution in [2.75, 3.05) is 12.3 Å². The molecule has 0 aliphatic carbocycles. The van der Waals surface area contributed by atoms with E-state index in [-0.39, 0.29) is 10.7 Å². The number of nitrogen functional groups attached to an aromatic ring is 1. The Bertz CT molecular complexity index is 700. The summed E-state index contributed by atoms with van der Waals surface area (Å²) in [6.07, 6.45) is 1.47. The molecule has 0 radical (unpaired) electrons. The monoisotopic (exact) mass is 375 g/mol. The van der Waals surface area contributed by atoms with Crippen LogP contribution in [0.4, 0.5) is 5.82 Å². The quantitative estimate of drug-likeness (QED) is 0.871. The summed E-state index contributed by atoms with van der Waals surface area (Å²) in [6.45, 7) is 2.49. The Morgan fingerprint density at radius 2 is 2.15 bits per heavy atom. The van der Waals surface area contributed by atoms with Crippen LogP contribution < -0.4 is 5.73 Å². The fourth-order valence-electron chi connectivity index (χ4n) is 1.74. The van der Waals surface area contributed by atoms with Crippen LogP contribution in [-0.2, 0) is 16.6 Å². The molecule has 2 aromatic rings. The van der Waals surface area contributed by atoms with E-state index >= 15 is 0 Å². The Hall–Kier alpha value is -0.960. The van der Waals surface area contributed by atoms with E-state index in [1.165, 1.54) is 27.9 Å². The minimum atomic E-state index is -3.63. The zero-order valence-electron chi connectivity index (χ0n) is 10.8. The van der Waals surface area contributed by atoms with Gasteiger partial charge in [-0.3, -0.25) is 0 Å². The molecule has 20 heavy (non-hydrogen) atoms. The maximum absolute atomic E-state index is 12.6. The van der Waals surface area contributed by atoms with Gasteiger partial charge in [-0.15, -0.1) is 11.3 Å². The van der Waals surface area contributed by atoms with Gasteiger partial charge in [-0.25, -0.2) is 13.4 Å². The van der Waals surface area contributed by atoms with Gasteiger partial charge in [0.2, 0.25) is 10.0 Å².